The van der Waals surface area contributed by atoms with Crippen molar-refractivity contribution in [2.75, 3.05) is 20.6 Å². The molecule has 122 valence electrons. The van der Waals surface area contributed by atoms with Crippen LogP contribution in [0.2, 0.25) is 0 Å². The van der Waals surface area contributed by atoms with Crippen LogP contribution >= 0.6 is 0 Å². The lowest BCUT2D eigenvalue weighted by molar-refractivity contribution is 0.329. The molecule has 3 N–H and O–H groups in total. The first-order valence-corrected chi connectivity index (χ1v) is 8.60. The number of nitrogens with two attached hydrogens (primary N) is 1. The van der Waals surface area contributed by atoms with Crippen molar-refractivity contribution in [1.29, 1.82) is 0 Å². The molecule has 1 aromatic rings. The smallest absolute Gasteiger partial charge is 0.244 e. The largest absolute Gasteiger partial charge is 0.464 e. The fourth-order valence-corrected chi connectivity index (χ4v) is 3.79. The third-order valence-corrected chi connectivity index (χ3v) is 4.71. The van der Waals surface area contributed by atoms with E-state index in [0.717, 1.165) is 6.42 Å². The van der Waals surface area contributed by atoms with Crippen molar-refractivity contribution in [1.82, 2.24) is 9.62 Å². The average molecular weight is 317 g/mol. The lowest BCUT2D eigenvalue weighted by Crippen LogP contribution is -2.42. The molecule has 1 atom stereocenters. The minimum Gasteiger partial charge on any atom is -0.464 e. The molecule has 0 fully saturated rings. The lowest BCUT2D eigenvalue weighted by atomic mass is 10.0. The van der Waals surface area contributed by atoms with Crippen molar-refractivity contribution in [2.45, 2.75) is 44.7 Å². The maximum atomic E-state index is 12.5. The Morgan fingerprint density at radius 2 is 2.00 bits per heavy atom. The van der Waals surface area contributed by atoms with Gasteiger partial charge in [0.25, 0.3) is 0 Å². The minimum atomic E-state index is -3.60. The molecule has 0 aliphatic rings. The Bertz CT molecular complexity index is 540. The SMILES string of the molecule is Cc1oc(CN)cc1S(=O)(=O)NC(CC(C)C)CN(C)C. The van der Waals surface area contributed by atoms with Gasteiger partial charge in [-0.15, -0.1) is 0 Å². The molecule has 0 aliphatic carbocycles. The summed E-state index contributed by atoms with van der Waals surface area (Å²) in [6, 6.07) is 1.36. The molecule has 0 spiro atoms. The maximum absolute atomic E-state index is 12.5. The Morgan fingerprint density at radius 1 is 1.38 bits per heavy atom. The number of hydrogen-bond acceptors (Lipinski definition) is 5. The van der Waals surface area contributed by atoms with Crippen LogP contribution in [0, 0.1) is 12.8 Å². The molecule has 0 saturated heterocycles. The summed E-state index contributed by atoms with van der Waals surface area (Å²) >= 11 is 0. The van der Waals surface area contributed by atoms with Crippen molar-refractivity contribution < 1.29 is 12.8 Å². The highest BCUT2D eigenvalue weighted by molar-refractivity contribution is 7.89. The van der Waals surface area contributed by atoms with Gasteiger partial charge in [0, 0.05) is 18.7 Å². The van der Waals surface area contributed by atoms with Gasteiger partial charge in [0.05, 0.1) is 6.54 Å². The summed E-state index contributed by atoms with van der Waals surface area (Å²) in [6.07, 6.45) is 0.776. The van der Waals surface area contributed by atoms with E-state index in [1.165, 1.54) is 6.07 Å². The summed E-state index contributed by atoms with van der Waals surface area (Å²) < 4.78 is 33.2. The number of nitrogens with zero attached hydrogens (tertiary/aromatic N) is 1. The van der Waals surface area contributed by atoms with E-state index in [-0.39, 0.29) is 17.5 Å². The molecule has 0 aromatic carbocycles. The molecular weight excluding hydrogens is 290 g/mol. The van der Waals surface area contributed by atoms with E-state index < -0.39 is 10.0 Å². The molecule has 0 aliphatic heterocycles. The number of hydrogen-bond donors (Lipinski definition) is 2. The first-order valence-electron chi connectivity index (χ1n) is 7.12. The molecule has 0 amide bonds. The predicted molar refractivity (Wildman–Crippen MR) is 83.5 cm³/mol. The van der Waals surface area contributed by atoms with Crippen molar-refractivity contribution in [3.8, 4) is 0 Å². The summed E-state index contributed by atoms with van der Waals surface area (Å²) in [5.41, 5.74) is 5.49. The first kappa shape index (κ1) is 18.2. The standard InChI is InChI=1S/C14H27N3O3S/c1-10(2)6-12(9-17(4)5)16-21(18,19)14-7-13(8-15)20-11(14)3/h7,10,12,16H,6,8-9,15H2,1-5H3. The van der Waals surface area contributed by atoms with E-state index in [9.17, 15) is 8.42 Å². The van der Waals surface area contributed by atoms with Crippen LogP contribution in [0.4, 0.5) is 0 Å². The van der Waals surface area contributed by atoms with Gasteiger partial charge < -0.3 is 15.1 Å². The molecule has 1 unspecified atom stereocenters. The summed E-state index contributed by atoms with van der Waals surface area (Å²) in [5, 5.41) is 0. The van der Waals surface area contributed by atoms with Crippen molar-refractivity contribution >= 4 is 10.0 Å². The molecule has 0 radical (unpaired) electrons. The molecule has 0 bridgehead atoms. The van der Waals surface area contributed by atoms with Crippen LogP contribution in [-0.2, 0) is 16.6 Å². The van der Waals surface area contributed by atoms with Gasteiger partial charge in [0.1, 0.15) is 16.4 Å². The predicted octanol–water partition coefficient (Wildman–Crippen LogP) is 1.30. The molecule has 6 nitrogen and oxygen atoms in total. The van der Waals surface area contributed by atoms with E-state index >= 15 is 0 Å². The lowest BCUT2D eigenvalue weighted by Gasteiger charge is -2.23. The molecule has 0 saturated carbocycles. The highest BCUT2D eigenvalue weighted by Crippen LogP contribution is 2.20. The van der Waals surface area contributed by atoms with E-state index in [2.05, 4.69) is 18.6 Å². The zero-order valence-corrected chi connectivity index (χ0v) is 14.3. The van der Waals surface area contributed by atoms with Crippen molar-refractivity contribution in [3.05, 3.63) is 17.6 Å². The van der Waals surface area contributed by atoms with E-state index in [4.69, 9.17) is 10.2 Å². The Hall–Kier alpha value is -0.890. The molecule has 7 heteroatoms. The van der Waals surface area contributed by atoms with Crippen molar-refractivity contribution in [3.63, 3.8) is 0 Å². The van der Waals surface area contributed by atoms with Gasteiger partial charge in [-0.3, -0.25) is 0 Å². The number of aryl methyl sites for hydroxylation is 1. The molecule has 1 aromatic heterocycles. The van der Waals surface area contributed by atoms with Crippen molar-refractivity contribution in [2.24, 2.45) is 11.7 Å². The second-order valence-electron chi connectivity index (χ2n) is 6.05. The first-order chi connectivity index (χ1) is 9.65. The second-order valence-corrected chi connectivity index (χ2v) is 7.73. The number of sulfonamides is 1. The van der Waals surface area contributed by atoms with Gasteiger partial charge in [0.2, 0.25) is 10.0 Å². The average Bonchev–Trinajstić information content (AvgIpc) is 2.68. The molecule has 1 rings (SSSR count). The highest BCUT2D eigenvalue weighted by Gasteiger charge is 2.25. The fourth-order valence-electron chi connectivity index (χ4n) is 2.34. The van der Waals surface area contributed by atoms with Crippen LogP contribution < -0.4 is 10.5 Å². The normalized spacial score (nSPS) is 14.1. The number of likely N-dealkylation sites (N-methyl/N-ethyl adjacent to an activating group) is 1. The van der Waals surface area contributed by atoms with Crippen LogP contribution in [-0.4, -0.2) is 40.0 Å². The minimum absolute atomic E-state index is 0.138. The molecular formula is C14H27N3O3S. The van der Waals surface area contributed by atoms with Crippen LogP contribution in [0.25, 0.3) is 0 Å². The van der Waals surface area contributed by atoms with Gasteiger partial charge >= 0.3 is 0 Å². The zero-order chi connectivity index (χ0) is 16.2. The summed E-state index contributed by atoms with van der Waals surface area (Å²) in [6.45, 7) is 6.62. The maximum Gasteiger partial charge on any atom is 0.244 e. The summed E-state index contributed by atoms with van der Waals surface area (Å²) in [7, 11) is 0.259. The van der Waals surface area contributed by atoms with Gasteiger partial charge in [-0.05, 0) is 33.4 Å². The molecule has 21 heavy (non-hydrogen) atoms. The Kier molecular flexibility index (Phi) is 6.40. The molecule has 1 heterocycles. The Labute approximate surface area is 127 Å². The fraction of sp³-hybridized carbons (Fsp3) is 0.714. The monoisotopic (exact) mass is 317 g/mol. The van der Waals surface area contributed by atoms with Crippen LogP contribution in [0.15, 0.2) is 15.4 Å². The van der Waals surface area contributed by atoms with Gasteiger partial charge in [-0.1, -0.05) is 13.8 Å². The topological polar surface area (TPSA) is 88.6 Å². The van der Waals surface area contributed by atoms with Gasteiger partial charge in [-0.2, -0.15) is 0 Å². The van der Waals surface area contributed by atoms with E-state index in [0.29, 0.717) is 24.0 Å². The van der Waals surface area contributed by atoms with Crippen LogP contribution in [0.5, 0.6) is 0 Å². The van der Waals surface area contributed by atoms with Crippen LogP contribution in [0.1, 0.15) is 31.8 Å². The van der Waals surface area contributed by atoms with Crippen LogP contribution in [0.3, 0.4) is 0 Å². The summed E-state index contributed by atoms with van der Waals surface area (Å²) in [5.74, 6) is 1.25. The zero-order valence-electron chi connectivity index (χ0n) is 13.5. The quantitative estimate of drug-likeness (QED) is 0.754. The Morgan fingerprint density at radius 3 is 2.43 bits per heavy atom. The highest BCUT2D eigenvalue weighted by atomic mass is 32.2. The van der Waals surface area contributed by atoms with E-state index in [1.807, 2.05) is 19.0 Å². The van der Waals surface area contributed by atoms with Gasteiger partial charge in [-0.25, -0.2) is 13.1 Å². The number of rotatable bonds is 8. The third kappa shape index (κ3) is 5.43. The van der Waals surface area contributed by atoms with E-state index in [1.54, 1.807) is 6.92 Å². The van der Waals surface area contributed by atoms with Gasteiger partial charge in [0.15, 0.2) is 0 Å². The third-order valence-electron chi connectivity index (χ3n) is 3.08. The number of furan rings is 1. The Balaban J connectivity index is 2.96. The number of nitrogens with one attached hydrogen (secondary N) is 1. The summed E-state index contributed by atoms with van der Waals surface area (Å²) in [4.78, 5) is 2.15. The second kappa shape index (κ2) is 7.40.